The quantitative estimate of drug-likeness (QED) is 0.867. The molecule has 0 aliphatic carbocycles. The van der Waals surface area contributed by atoms with E-state index in [9.17, 15) is 0 Å². The predicted octanol–water partition coefficient (Wildman–Crippen LogP) is 3.95. The zero-order valence-electron chi connectivity index (χ0n) is 9.87. The van der Waals surface area contributed by atoms with Crippen molar-refractivity contribution >= 4 is 39.0 Å². The van der Waals surface area contributed by atoms with E-state index in [4.69, 9.17) is 16.3 Å². The summed E-state index contributed by atoms with van der Waals surface area (Å²) in [7, 11) is 1.62. The molecule has 0 aliphatic heterocycles. The number of methoxy groups -OCH3 is 1. The van der Waals surface area contributed by atoms with Crippen molar-refractivity contribution in [3.05, 3.63) is 39.7 Å². The van der Waals surface area contributed by atoms with Crippen LogP contribution in [0, 0.1) is 6.92 Å². The largest absolute Gasteiger partial charge is 0.497 e. The van der Waals surface area contributed by atoms with E-state index in [0.717, 1.165) is 21.5 Å². The third-order valence-corrected chi connectivity index (χ3v) is 3.52. The Hall–Kier alpha value is -1.33. The number of aromatic nitrogens is 2. The lowest BCUT2D eigenvalue weighted by atomic mass is 10.3. The first-order chi connectivity index (χ1) is 8.61. The van der Waals surface area contributed by atoms with Crippen LogP contribution in [0.1, 0.15) is 5.56 Å². The molecule has 2 rings (SSSR count). The van der Waals surface area contributed by atoms with Crippen LogP contribution in [0.3, 0.4) is 0 Å². The van der Waals surface area contributed by atoms with Gasteiger partial charge in [-0.05, 0) is 35.0 Å². The molecule has 0 atom stereocenters. The highest BCUT2D eigenvalue weighted by atomic mass is 79.9. The molecule has 18 heavy (non-hydrogen) atoms. The Morgan fingerprint density at radius 1 is 1.33 bits per heavy atom. The Bertz CT molecular complexity index is 577. The lowest BCUT2D eigenvalue weighted by molar-refractivity contribution is 0.415. The van der Waals surface area contributed by atoms with Crippen LogP contribution in [0.15, 0.2) is 29.0 Å². The number of anilines is 2. The first-order valence-corrected chi connectivity index (χ1v) is 6.36. The molecule has 0 aliphatic rings. The fourth-order valence-electron chi connectivity index (χ4n) is 1.41. The van der Waals surface area contributed by atoms with Crippen molar-refractivity contribution in [3.8, 4) is 5.75 Å². The minimum absolute atomic E-state index is 0.437. The van der Waals surface area contributed by atoms with E-state index < -0.39 is 0 Å². The molecule has 0 unspecified atom stereocenters. The standard InChI is InChI=1S/C12H11BrClN3O/c1-7-11(14)15-6-16-12(7)17-10-5-8(18-2)3-4-9(10)13/h3-6H,1-2H3,(H,15,16,17). The summed E-state index contributed by atoms with van der Waals surface area (Å²) in [6.45, 7) is 1.86. The van der Waals surface area contributed by atoms with E-state index >= 15 is 0 Å². The lowest BCUT2D eigenvalue weighted by Gasteiger charge is -2.11. The highest BCUT2D eigenvalue weighted by Crippen LogP contribution is 2.30. The van der Waals surface area contributed by atoms with Gasteiger partial charge in [0.1, 0.15) is 23.0 Å². The summed E-state index contributed by atoms with van der Waals surface area (Å²) in [5, 5.41) is 3.63. The van der Waals surface area contributed by atoms with Crippen LogP contribution in [0.4, 0.5) is 11.5 Å². The van der Waals surface area contributed by atoms with Crippen molar-refractivity contribution in [2.75, 3.05) is 12.4 Å². The van der Waals surface area contributed by atoms with Gasteiger partial charge in [0, 0.05) is 16.1 Å². The minimum atomic E-state index is 0.437. The van der Waals surface area contributed by atoms with Gasteiger partial charge in [-0.15, -0.1) is 0 Å². The third-order valence-electron chi connectivity index (χ3n) is 2.45. The lowest BCUT2D eigenvalue weighted by Crippen LogP contribution is -1.99. The highest BCUT2D eigenvalue weighted by Gasteiger charge is 2.08. The molecule has 0 bridgehead atoms. The number of halogens is 2. The zero-order valence-corrected chi connectivity index (χ0v) is 12.2. The van der Waals surface area contributed by atoms with Crippen LogP contribution in [-0.4, -0.2) is 17.1 Å². The summed E-state index contributed by atoms with van der Waals surface area (Å²) < 4.78 is 6.10. The van der Waals surface area contributed by atoms with Crippen molar-refractivity contribution in [2.45, 2.75) is 6.92 Å². The van der Waals surface area contributed by atoms with Gasteiger partial charge >= 0.3 is 0 Å². The molecule has 4 nitrogen and oxygen atoms in total. The first kappa shape index (κ1) is 13.1. The molecule has 0 saturated carbocycles. The SMILES string of the molecule is COc1ccc(Br)c(Nc2ncnc(Cl)c2C)c1. The molecule has 2 aromatic rings. The van der Waals surface area contributed by atoms with Crippen molar-refractivity contribution in [1.29, 1.82) is 0 Å². The van der Waals surface area contributed by atoms with Gasteiger partial charge in [-0.1, -0.05) is 11.6 Å². The van der Waals surface area contributed by atoms with Gasteiger partial charge in [0.05, 0.1) is 12.8 Å². The molecule has 0 amide bonds. The Labute approximate surface area is 118 Å². The molecule has 0 fully saturated rings. The molecule has 94 valence electrons. The zero-order chi connectivity index (χ0) is 13.1. The number of benzene rings is 1. The number of ether oxygens (including phenoxy) is 1. The maximum Gasteiger partial charge on any atom is 0.138 e. The van der Waals surface area contributed by atoms with Crippen molar-refractivity contribution < 1.29 is 4.74 Å². The van der Waals surface area contributed by atoms with E-state index in [2.05, 4.69) is 31.2 Å². The summed E-state index contributed by atoms with van der Waals surface area (Å²) in [6.07, 6.45) is 1.42. The summed E-state index contributed by atoms with van der Waals surface area (Å²) in [4.78, 5) is 8.08. The number of nitrogens with zero attached hydrogens (tertiary/aromatic N) is 2. The van der Waals surface area contributed by atoms with E-state index in [1.165, 1.54) is 6.33 Å². The van der Waals surface area contributed by atoms with Crippen LogP contribution in [0.25, 0.3) is 0 Å². The molecule has 1 aromatic carbocycles. The van der Waals surface area contributed by atoms with Crippen LogP contribution < -0.4 is 10.1 Å². The van der Waals surface area contributed by atoms with Crippen LogP contribution in [-0.2, 0) is 0 Å². The van der Waals surface area contributed by atoms with Gasteiger partial charge in [0.25, 0.3) is 0 Å². The van der Waals surface area contributed by atoms with Gasteiger partial charge in [0.15, 0.2) is 0 Å². The maximum atomic E-state index is 5.95. The fraction of sp³-hybridized carbons (Fsp3) is 0.167. The molecular weight excluding hydrogens is 318 g/mol. The molecule has 1 heterocycles. The van der Waals surface area contributed by atoms with Crippen molar-refractivity contribution in [2.24, 2.45) is 0 Å². The van der Waals surface area contributed by atoms with Gasteiger partial charge in [-0.25, -0.2) is 9.97 Å². The molecular formula is C12H11BrClN3O. The predicted molar refractivity (Wildman–Crippen MR) is 75.8 cm³/mol. The molecule has 6 heteroatoms. The minimum Gasteiger partial charge on any atom is -0.497 e. The van der Waals surface area contributed by atoms with Crippen LogP contribution >= 0.6 is 27.5 Å². The average Bonchev–Trinajstić information content (AvgIpc) is 2.37. The normalized spacial score (nSPS) is 10.2. The van der Waals surface area contributed by atoms with Crippen molar-refractivity contribution in [3.63, 3.8) is 0 Å². The summed E-state index contributed by atoms with van der Waals surface area (Å²) in [6, 6.07) is 5.65. The van der Waals surface area contributed by atoms with E-state index in [1.54, 1.807) is 7.11 Å². The van der Waals surface area contributed by atoms with E-state index in [-0.39, 0.29) is 0 Å². The third kappa shape index (κ3) is 2.73. The monoisotopic (exact) mass is 327 g/mol. The van der Waals surface area contributed by atoms with Gasteiger partial charge in [-0.2, -0.15) is 0 Å². The fourth-order valence-corrected chi connectivity index (χ4v) is 1.89. The Kier molecular flexibility index (Phi) is 4.04. The second-order valence-corrected chi connectivity index (χ2v) is 4.82. The van der Waals surface area contributed by atoms with Gasteiger partial charge in [0.2, 0.25) is 0 Å². The summed E-state index contributed by atoms with van der Waals surface area (Å²) in [5.41, 5.74) is 1.65. The molecule has 1 N–H and O–H groups in total. The molecule has 0 radical (unpaired) electrons. The topological polar surface area (TPSA) is 47.0 Å². The second-order valence-electron chi connectivity index (χ2n) is 3.61. The Balaban J connectivity index is 2.36. The second kappa shape index (κ2) is 5.54. The van der Waals surface area contributed by atoms with Gasteiger partial charge in [-0.3, -0.25) is 0 Å². The van der Waals surface area contributed by atoms with E-state index in [0.29, 0.717) is 11.0 Å². The summed E-state index contributed by atoms with van der Waals surface area (Å²) in [5.74, 6) is 1.43. The number of hydrogen-bond acceptors (Lipinski definition) is 4. The van der Waals surface area contributed by atoms with Crippen LogP contribution in [0.2, 0.25) is 5.15 Å². The number of hydrogen-bond donors (Lipinski definition) is 1. The highest BCUT2D eigenvalue weighted by molar-refractivity contribution is 9.10. The number of rotatable bonds is 3. The molecule has 0 spiro atoms. The first-order valence-electron chi connectivity index (χ1n) is 5.19. The number of nitrogens with one attached hydrogen (secondary N) is 1. The smallest absolute Gasteiger partial charge is 0.138 e. The van der Waals surface area contributed by atoms with E-state index in [1.807, 2.05) is 25.1 Å². The average molecular weight is 329 g/mol. The van der Waals surface area contributed by atoms with Crippen LogP contribution in [0.5, 0.6) is 5.75 Å². The Morgan fingerprint density at radius 2 is 2.11 bits per heavy atom. The Morgan fingerprint density at radius 3 is 2.83 bits per heavy atom. The maximum absolute atomic E-state index is 5.95. The van der Waals surface area contributed by atoms with Crippen molar-refractivity contribution in [1.82, 2.24) is 9.97 Å². The summed E-state index contributed by atoms with van der Waals surface area (Å²) >= 11 is 9.42. The molecule has 1 aromatic heterocycles. The molecule has 0 saturated heterocycles. The van der Waals surface area contributed by atoms with Gasteiger partial charge < -0.3 is 10.1 Å².